The maximum atomic E-state index is 13.4. The van der Waals surface area contributed by atoms with Crippen molar-refractivity contribution in [3.63, 3.8) is 0 Å². The number of ether oxygens (including phenoxy) is 1. The summed E-state index contributed by atoms with van der Waals surface area (Å²) >= 11 is 2.71. The Labute approximate surface area is 197 Å². The second-order valence-electron chi connectivity index (χ2n) is 6.89. The van der Waals surface area contributed by atoms with Gasteiger partial charge in [-0.25, -0.2) is 14.3 Å². The smallest absolute Gasteiger partial charge is 0.337 e. The van der Waals surface area contributed by atoms with E-state index in [1.165, 1.54) is 27.7 Å². The van der Waals surface area contributed by atoms with Crippen LogP contribution in [0.1, 0.15) is 13.8 Å². The lowest BCUT2D eigenvalue weighted by Gasteiger charge is -2.13. The van der Waals surface area contributed by atoms with Gasteiger partial charge in [0.15, 0.2) is 9.99 Å². The summed E-state index contributed by atoms with van der Waals surface area (Å²) in [6, 6.07) is 15.7. The topological polar surface area (TPSA) is 95.2 Å². The number of hydrogen-bond acceptors (Lipinski definition) is 7. The van der Waals surface area contributed by atoms with Crippen molar-refractivity contribution in [2.24, 2.45) is 0 Å². The molecule has 8 nitrogen and oxygen atoms in total. The summed E-state index contributed by atoms with van der Waals surface area (Å²) < 4.78 is 8.90. The number of nitrogens with zero attached hydrogens (tertiary/aromatic N) is 3. The van der Waals surface area contributed by atoms with Crippen molar-refractivity contribution in [3.05, 3.63) is 75.4 Å². The lowest BCUT2D eigenvalue weighted by Crippen LogP contribution is -2.40. The average Bonchev–Trinajstić information content (AvgIpc) is 3.23. The highest BCUT2D eigenvalue weighted by molar-refractivity contribution is 8.01. The molecule has 1 N–H and O–H groups in total. The zero-order chi connectivity index (χ0) is 23.4. The van der Waals surface area contributed by atoms with E-state index >= 15 is 0 Å². The number of fused-ring (bicyclic) bond motifs is 1. The van der Waals surface area contributed by atoms with Crippen LogP contribution in [0.15, 0.2) is 68.5 Å². The summed E-state index contributed by atoms with van der Waals surface area (Å²) in [5.74, 6) is 0.878. The fourth-order valence-electron chi connectivity index (χ4n) is 3.33. The number of amides is 1. The first-order valence-corrected chi connectivity index (χ1v) is 12.2. The van der Waals surface area contributed by atoms with Gasteiger partial charge in [0.05, 0.1) is 18.0 Å². The van der Waals surface area contributed by atoms with Gasteiger partial charge in [-0.15, -0.1) is 11.3 Å². The molecule has 0 saturated carbocycles. The van der Waals surface area contributed by atoms with E-state index in [2.05, 4.69) is 10.3 Å². The van der Waals surface area contributed by atoms with Crippen LogP contribution in [0.4, 0.5) is 5.69 Å². The maximum Gasteiger partial charge on any atom is 0.337 e. The van der Waals surface area contributed by atoms with Gasteiger partial charge in [-0.1, -0.05) is 49.0 Å². The first-order valence-electron chi connectivity index (χ1n) is 10.4. The molecule has 0 radical (unpaired) electrons. The molecule has 2 heterocycles. The number of nitrogens with one attached hydrogen (secondary N) is 1. The number of aromatic nitrogens is 3. The maximum absolute atomic E-state index is 13.4. The van der Waals surface area contributed by atoms with E-state index in [4.69, 9.17) is 4.74 Å². The van der Waals surface area contributed by atoms with Gasteiger partial charge in [0, 0.05) is 0 Å². The lowest BCUT2D eigenvalue weighted by atomic mass is 10.3. The number of thioether (sulfide) groups is 1. The number of thiazole rings is 1. The molecule has 0 spiro atoms. The van der Waals surface area contributed by atoms with E-state index in [-0.39, 0.29) is 12.2 Å². The SMILES string of the molecule is CCOc1ccccc1NC(=O)Cn1c(=O)n(-c2ccccc2)c(=O)c2sc(SCC)nc21. The van der Waals surface area contributed by atoms with Crippen LogP contribution >= 0.6 is 23.1 Å². The van der Waals surface area contributed by atoms with Gasteiger partial charge in [-0.3, -0.25) is 14.2 Å². The highest BCUT2D eigenvalue weighted by atomic mass is 32.2. The Morgan fingerprint density at radius 2 is 1.82 bits per heavy atom. The van der Waals surface area contributed by atoms with Gasteiger partial charge >= 0.3 is 5.69 Å². The number of hydrogen-bond donors (Lipinski definition) is 1. The van der Waals surface area contributed by atoms with Crippen LogP contribution in [0.25, 0.3) is 16.0 Å². The Hall–Kier alpha value is -3.37. The van der Waals surface area contributed by atoms with Crippen molar-refractivity contribution in [2.75, 3.05) is 17.7 Å². The van der Waals surface area contributed by atoms with Crippen LogP contribution < -0.4 is 21.3 Å². The molecule has 10 heteroatoms. The molecule has 1 amide bonds. The van der Waals surface area contributed by atoms with Crippen LogP contribution in [0.5, 0.6) is 5.75 Å². The van der Waals surface area contributed by atoms with E-state index in [1.54, 1.807) is 48.5 Å². The number of rotatable bonds is 8. The fraction of sp³-hybridized carbons (Fsp3) is 0.217. The van der Waals surface area contributed by atoms with Crippen LogP contribution in [0, 0.1) is 0 Å². The van der Waals surface area contributed by atoms with E-state index in [9.17, 15) is 14.4 Å². The number of carbonyl (C=O) groups is 1. The summed E-state index contributed by atoms with van der Waals surface area (Å²) in [6.45, 7) is 3.99. The lowest BCUT2D eigenvalue weighted by molar-refractivity contribution is -0.116. The molecule has 0 atom stereocenters. The first-order chi connectivity index (χ1) is 16.0. The quantitative estimate of drug-likeness (QED) is 0.384. The van der Waals surface area contributed by atoms with Gasteiger partial charge in [-0.2, -0.15) is 0 Å². The van der Waals surface area contributed by atoms with Crippen LogP contribution in [-0.2, 0) is 11.3 Å². The van der Waals surface area contributed by atoms with Crippen molar-refractivity contribution in [3.8, 4) is 11.4 Å². The van der Waals surface area contributed by atoms with Gasteiger partial charge in [0.25, 0.3) is 5.56 Å². The molecular formula is C23H22N4O4S2. The summed E-state index contributed by atoms with van der Waals surface area (Å²) in [7, 11) is 0. The van der Waals surface area contributed by atoms with Gasteiger partial charge in [0.1, 0.15) is 17.0 Å². The third-order valence-electron chi connectivity index (χ3n) is 4.71. The van der Waals surface area contributed by atoms with Gasteiger partial charge in [0.2, 0.25) is 5.91 Å². The Morgan fingerprint density at radius 1 is 1.09 bits per heavy atom. The van der Waals surface area contributed by atoms with Crippen molar-refractivity contribution in [2.45, 2.75) is 24.7 Å². The minimum absolute atomic E-state index is 0.214. The molecule has 2 aromatic heterocycles. The number of para-hydroxylation sites is 3. The Bertz CT molecular complexity index is 1410. The molecule has 2 aromatic carbocycles. The Balaban J connectivity index is 1.80. The fourth-order valence-corrected chi connectivity index (χ4v) is 5.30. The predicted octanol–water partition coefficient (Wildman–Crippen LogP) is 3.76. The Morgan fingerprint density at radius 3 is 2.55 bits per heavy atom. The summed E-state index contributed by atoms with van der Waals surface area (Å²) in [4.78, 5) is 44.1. The van der Waals surface area contributed by atoms with Gasteiger partial charge < -0.3 is 10.1 Å². The van der Waals surface area contributed by atoms with Crippen LogP contribution in [0.2, 0.25) is 0 Å². The van der Waals surface area contributed by atoms with E-state index in [1.807, 2.05) is 19.9 Å². The zero-order valence-corrected chi connectivity index (χ0v) is 19.7. The van der Waals surface area contributed by atoms with Crippen molar-refractivity contribution >= 4 is 45.0 Å². The molecule has 0 unspecified atom stereocenters. The van der Waals surface area contributed by atoms with Crippen molar-refractivity contribution in [1.82, 2.24) is 14.1 Å². The molecule has 170 valence electrons. The average molecular weight is 483 g/mol. The van der Waals surface area contributed by atoms with E-state index in [0.29, 0.717) is 32.8 Å². The zero-order valence-electron chi connectivity index (χ0n) is 18.1. The van der Waals surface area contributed by atoms with Crippen LogP contribution in [-0.4, -0.2) is 32.4 Å². The minimum Gasteiger partial charge on any atom is -0.492 e. The summed E-state index contributed by atoms with van der Waals surface area (Å²) in [5, 5.41) is 2.80. The molecule has 33 heavy (non-hydrogen) atoms. The third kappa shape index (κ3) is 4.71. The Kier molecular flexibility index (Phi) is 6.95. The molecule has 4 aromatic rings. The molecule has 0 bridgehead atoms. The number of anilines is 1. The normalized spacial score (nSPS) is 11.0. The summed E-state index contributed by atoms with van der Waals surface area (Å²) in [6.07, 6.45) is 0. The number of benzene rings is 2. The van der Waals surface area contributed by atoms with E-state index < -0.39 is 17.2 Å². The third-order valence-corrected chi connectivity index (χ3v) is 6.77. The molecule has 0 aliphatic heterocycles. The second-order valence-corrected chi connectivity index (χ2v) is 9.40. The summed E-state index contributed by atoms with van der Waals surface area (Å²) in [5.41, 5.74) is 0.0885. The highest BCUT2D eigenvalue weighted by Crippen LogP contribution is 2.27. The first kappa shape index (κ1) is 22.8. The molecule has 0 fully saturated rings. The van der Waals surface area contributed by atoms with E-state index in [0.717, 1.165) is 10.3 Å². The van der Waals surface area contributed by atoms with Crippen LogP contribution in [0.3, 0.4) is 0 Å². The molecule has 4 rings (SSSR count). The molecule has 0 aliphatic carbocycles. The van der Waals surface area contributed by atoms with Crippen molar-refractivity contribution < 1.29 is 9.53 Å². The minimum atomic E-state index is -0.620. The molecule has 0 aliphatic rings. The standard InChI is InChI=1S/C23H22N4O4S2/c1-3-31-17-13-9-8-12-16(17)24-18(28)14-26-20-19(33-22(25-20)32-4-2)21(29)27(23(26)30)15-10-6-5-7-11-15/h5-13H,3-4,14H2,1-2H3,(H,24,28). The second kappa shape index (κ2) is 10.1. The predicted molar refractivity (Wildman–Crippen MR) is 132 cm³/mol. The highest BCUT2D eigenvalue weighted by Gasteiger charge is 2.21. The molecule has 0 saturated heterocycles. The molecular weight excluding hydrogens is 460 g/mol. The van der Waals surface area contributed by atoms with Crippen molar-refractivity contribution in [1.29, 1.82) is 0 Å². The largest absolute Gasteiger partial charge is 0.492 e. The number of carbonyl (C=O) groups excluding carboxylic acids is 1. The monoisotopic (exact) mass is 482 g/mol. The van der Waals surface area contributed by atoms with Gasteiger partial charge in [-0.05, 0) is 36.9 Å².